The molecule has 2 nitrogen and oxygen atoms in total. The fourth-order valence-electron chi connectivity index (χ4n) is 3.08. The van der Waals surface area contributed by atoms with Gasteiger partial charge in [-0.1, -0.05) is 38.1 Å². The van der Waals surface area contributed by atoms with Crippen LogP contribution in [0.15, 0.2) is 24.3 Å². The van der Waals surface area contributed by atoms with Gasteiger partial charge in [0.15, 0.2) is 0 Å². The zero-order chi connectivity index (χ0) is 13.7. The second kappa shape index (κ2) is 7.06. The molecule has 1 fully saturated rings. The molecule has 1 aliphatic rings. The van der Waals surface area contributed by atoms with Gasteiger partial charge in [0.05, 0.1) is 0 Å². The van der Waals surface area contributed by atoms with Gasteiger partial charge in [-0.15, -0.1) is 0 Å². The van der Waals surface area contributed by atoms with Gasteiger partial charge in [0.1, 0.15) is 0 Å². The van der Waals surface area contributed by atoms with E-state index in [4.69, 9.17) is 0 Å². The molecular formula is C17H28N2. The molecule has 1 heterocycles. The van der Waals surface area contributed by atoms with Crippen molar-refractivity contribution >= 4 is 0 Å². The molecule has 1 saturated heterocycles. The van der Waals surface area contributed by atoms with Crippen LogP contribution in [0, 0.1) is 11.8 Å². The highest BCUT2D eigenvalue weighted by atomic mass is 15.1. The maximum Gasteiger partial charge on any atom is 0.0233 e. The van der Waals surface area contributed by atoms with Crippen LogP contribution in [0.5, 0.6) is 0 Å². The minimum Gasteiger partial charge on any atom is -0.316 e. The Morgan fingerprint density at radius 3 is 2.53 bits per heavy atom. The molecule has 1 aromatic carbocycles. The molecule has 19 heavy (non-hydrogen) atoms. The van der Waals surface area contributed by atoms with Gasteiger partial charge < -0.3 is 5.32 Å². The highest BCUT2D eigenvalue weighted by Crippen LogP contribution is 2.25. The maximum absolute atomic E-state index is 3.22. The second-order valence-electron chi connectivity index (χ2n) is 6.21. The Morgan fingerprint density at radius 1 is 1.21 bits per heavy atom. The predicted molar refractivity (Wildman–Crippen MR) is 82.0 cm³/mol. The van der Waals surface area contributed by atoms with Crippen molar-refractivity contribution < 1.29 is 0 Å². The summed E-state index contributed by atoms with van der Waals surface area (Å²) in [5.74, 6) is 1.79. The van der Waals surface area contributed by atoms with Crippen LogP contribution in [-0.2, 0) is 13.1 Å². The largest absolute Gasteiger partial charge is 0.316 e. The van der Waals surface area contributed by atoms with Crippen molar-refractivity contribution in [3.8, 4) is 0 Å². The first-order chi connectivity index (χ1) is 9.19. The highest BCUT2D eigenvalue weighted by molar-refractivity contribution is 5.23. The Labute approximate surface area is 118 Å². The van der Waals surface area contributed by atoms with Gasteiger partial charge in [0.25, 0.3) is 0 Å². The van der Waals surface area contributed by atoms with E-state index < -0.39 is 0 Å². The van der Waals surface area contributed by atoms with Crippen LogP contribution < -0.4 is 5.32 Å². The lowest BCUT2D eigenvalue weighted by Crippen LogP contribution is -2.34. The molecule has 0 bridgehead atoms. The number of hydrogen-bond donors (Lipinski definition) is 1. The van der Waals surface area contributed by atoms with Gasteiger partial charge >= 0.3 is 0 Å². The maximum atomic E-state index is 3.22. The number of piperidine rings is 1. The molecule has 0 unspecified atom stereocenters. The zero-order valence-electron chi connectivity index (χ0n) is 12.7. The van der Waals surface area contributed by atoms with E-state index in [9.17, 15) is 0 Å². The van der Waals surface area contributed by atoms with E-state index in [0.29, 0.717) is 0 Å². The minimum atomic E-state index is 0.848. The van der Waals surface area contributed by atoms with E-state index in [-0.39, 0.29) is 0 Å². The highest BCUT2D eigenvalue weighted by Gasteiger charge is 2.21. The van der Waals surface area contributed by atoms with Gasteiger partial charge in [0, 0.05) is 13.1 Å². The van der Waals surface area contributed by atoms with Crippen LogP contribution in [0.25, 0.3) is 0 Å². The summed E-state index contributed by atoms with van der Waals surface area (Å²) in [4.78, 5) is 2.61. The summed E-state index contributed by atoms with van der Waals surface area (Å²) in [6.07, 6.45) is 2.74. The van der Waals surface area contributed by atoms with E-state index in [1.165, 1.54) is 37.1 Å². The topological polar surface area (TPSA) is 15.3 Å². The standard InChI is InChI=1S/C17H28N2/c1-14(2)17-7-9-19(10-8-17)13-16-6-4-5-15(11-16)12-18-3/h4-6,11,14,17-18H,7-10,12-13H2,1-3H3. The molecule has 0 radical (unpaired) electrons. The van der Waals surface area contributed by atoms with E-state index in [0.717, 1.165) is 24.9 Å². The van der Waals surface area contributed by atoms with Crippen LogP contribution in [0.3, 0.4) is 0 Å². The zero-order valence-corrected chi connectivity index (χ0v) is 12.7. The lowest BCUT2D eigenvalue weighted by molar-refractivity contribution is 0.152. The van der Waals surface area contributed by atoms with Crippen LogP contribution in [0.2, 0.25) is 0 Å². The summed E-state index contributed by atoms with van der Waals surface area (Å²) in [6, 6.07) is 8.98. The summed E-state index contributed by atoms with van der Waals surface area (Å²) >= 11 is 0. The summed E-state index contributed by atoms with van der Waals surface area (Å²) in [5.41, 5.74) is 2.84. The number of rotatable bonds is 5. The fraction of sp³-hybridized carbons (Fsp3) is 0.647. The number of hydrogen-bond acceptors (Lipinski definition) is 2. The number of nitrogens with zero attached hydrogens (tertiary/aromatic N) is 1. The van der Waals surface area contributed by atoms with Crippen molar-refractivity contribution in [3.63, 3.8) is 0 Å². The smallest absolute Gasteiger partial charge is 0.0233 e. The Bertz CT molecular complexity index is 379. The molecule has 1 aromatic rings. The van der Waals surface area contributed by atoms with E-state index in [1.54, 1.807) is 0 Å². The van der Waals surface area contributed by atoms with Crippen LogP contribution >= 0.6 is 0 Å². The van der Waals surface area contributed by atoms with Crippen LogP contribution in [0.1, 0.15) is 37.8 Å². The predicted octanol–water partition coefficient (Wildman–Crippen LogP) is 3.27. The lowest BCUT2D eigenvalue weighted by atomic mass is 9.86. The summed E-state index contributed by atoms with van der Waals surface area (Å²) in [5, 5.41) is 3.22. The van der Waals surface area contributed by atoms with Crippen LogP contribution in [-0.4, -0.2) is 25.0 Å². The molecule has 106 valence electrons. The second-order valence-corrected chi connectivity index (χ2v) is 6.21. The summed E-state index contributed by atoms with van der Waals surface area (Å²) in [6.45, 7) is 9.33. The average molecular weight is 260 g/mol. The Balaban J connectivity index is 1.86. The van der Waals surface area contributed by atoms with Crippen LogP contribution in [0.4, 0.5) is 0 Å². The normalized spacial score (nSPS) is 18.1. The third kappa shape index (κ3) is 4.32. The van der Waals surface area contributed by atoms with Gasteiger partial charge in [-0.25, -0.2) is 0 Å². The first-order valence-electron chi connectivity index (χ1n) is 7.64. The molecule has 0 saturated carbocycles. The number of likely N-dealkylation sites (tertiary alicyclic amines) is 1. The van der Waals surface area contributed by atoms with Crippen molar-refractivity contribution in [2.45, 2.75) is 39.8 Å². The Hall–Kier alpha value is -0.860. The Kier molecular flexibility index (Phi) is 5.41. The Morgan fingerprint density at radius 2 is 1.89 bits per heavy atom. The first kappa shape index (κ1) is 14.5. The SMILES string of the molecule is CNCc1cccc(CN2CCC(C(C)C)CC2)c1. The van der Waals surface area contributed by atoms with Gasteiger partial charge in [0.2, 0.25) is 0 Å². The molecule has 1 aliphatic heterocycles. The number of benzene rings is 1. The molecule has 0 amide bonds. The third-order valence-electron chi connectivity index (χ3n) is 4.35. The fourth-order valence-corrected chi connectivity index (χ4v) is 3.08. The molecule has 0 aliphatic carbocycles. The molecule has 2 heteroatoms. The molecule has 1 N–H and O–H groups in total. The molecule has 0 aromatic heterocycles. The molecule has 0 spiro atoms. The monoisotopic (exact) mass is 260 g/mol. The molecule has 0 atom stereocenters. The minimum absolute atomic E-state index is 0.848. The number of nitrogens with one attached hydrogen (secondary N) is 1. The van der Waals surface area contributed by atoms with E-state index >= 15 is 0 Å². The summed E-state index contributed by atoms with van der Waals surface area (Å²) in [7, 11) is 2.00. The van der Waals surface area contributed by atoms with Gasteiger partial charge in [-0.2, -0.15) is 0 Å². The van der Waals surface area contributed by atoms with Gasteiger partial charge in [-0.05, 0) is 55.9 Å². The van der Waals surface area contributed by atoms with Crippen molar-refractivity contribution in [3.05, 3.63) is 35.4 Å². The van der Waals surface area contributed by atoms with E-state index in [1.807, 2.05) is 7.05 Å². The van der Waals surface area contributed by atoms with E-state index in [2.05, 4.69) is 48.3 Å². The molecular weight excluding hydrogens is 232 g/mol. The molecule has 2 rings (SSSR count). The van der Waals surface area contributed by atoms with Crippen molar-refractivity contribution in [1.29, 1.82) is 0 Å². The quantitative estimate of drug-likeness (QED) is 0.874. The summed E-state index contributed by atoms with van der Waals surface area (Å²) < 4.78 is 0. The van der Waals surface area contributed by atoms with Crippen molar-refractivity contribution in [1.82, 2.24) is 10.2 Å². The lowest BCUT2D eigenvalue weighted by Gasteiger charge is -2.33. The first-order valence-corrected chi connectivity index (χ1v) is 7.64. The van der Waals surface area contributed by atoms with Crippen molar-refractivity contribution in [2.24, 2.45) is 11.8 Å². The van der Waals surface area contributed by atoms with Crippen molar-refractivity contribution in [2.75, 3.05) is 20.1 Å². The third-order valence-corrected chi connectivity index (χ3v) is 4.35. The average Bonchev–Trinajstić information content (AvgIpc) is 2.40. The van der Waals surface area contributed by atoms with Gasteiger partial charge in [-0.3, -0.25) is 4.90 Å².